The maximum atomic E-state index is 11.1. The van der Waals surface area contributed by atoms with Crippen molar-refractivity contribution in [1.29, 1.82) is 0 Å². The smallest absolute Gasteiger partial charge is 0.222 e. The second-order valence-electron chi connectivity index (χ2n) is 3.78. The largest absolute Gasteiger partial charge is 0.395 e. The maximum absolute atomic E-state index is 11.1. The van der Waals surface area contributed by atoms with Crippen molar-refractivity contribution in [3.8, 4) is 0 Å². The molecule has 0 saturated carbocycles. The number of hydrogen-bond acceptors (Lipinski definition) is 4. The first kappa shape index (κ1) is 11.4. The third-order valence-corrected chi connectivity index (χ3v) is 2.88. The summed E-state index contributed by atoms with van der Waals surface area (Å²) < 4.78 is 0. The molecule has 82 valence electrons. The fraction of sp³-hybridized carbons (Fsp3) is 0.889. The molecule has 0 aromatic heterocycles. The first-order chi connectivity index (χ1) is 6.60. The molecule has 5 N–H and O–H groups in total. The molecule has 14 heavy (non-hydrogen) atoms. The van der Waals surface area contributed by atoms with Crippen molar-refractivity contribution in [2.75, 3.05) is 6.61 Å². The van der Waals surface area contributed by atoms with E-state index in [2.05, 4.69) is 5.32 Å². The number of nitrogens with two attached hydrogens (primary N) is 1. The van der Waals surface area contributed by atoms with Gasteiger partial charge in [-0.2, -0.15) is 0 Å². The van der Waals surface area contributed by atoms with Crippen LogP contribution in [0.2, 0.25) is 0 Å². The third-order valence-electron chi connectivity index (χ3n) is 2.88. The van der Waals surface area contributed by atoms with Crippen LogP contribution in [0.4, 0.5) is 0 Å². The number of aliphatic hydroxyl groups is 2. The van der Waals surface area contributed by atoms with Crippen LogP contribution in [0.25, 0.3) is 0 Å². The monoisotopic (exact) mass is 202 g/mol. The molecule has 1 rings (SSSR count). The lowest BCUT2D eigenvalue weighted by Gasteiger charge is -2.19. The minimum absolute atomic E-state index is 0.107. The molecular formula is C9H18N2O3. The van der Waals surface area contributed by atoms with Crippen molar-refractivity contribution >= 4 is 5.91 Å². The summed E-state index contributed by atoms with van der Waals surface area (Å²) in [6.07, 6.45) is 0.545. The van der Waals surface area contributed by atoms with E-state index in [0.29, 0.717) is 12.8 Å². The van der Waals surface area contributed by atoms with E-state index in [1.165, 1.54) is 0 Å². The SMILES string of the molecule is CCC(C(N)=O)C1CC(O)C(CO)N1. The summed E-state index contributed by atoms with van der Waals surface area (Å²) in [5.41, 5.74) is 5.24. The highest BCUT2D eigenvalue weighted by atomic mass is 16.3. The van der Waals surface area contributed by atoms with Gasteiger partial charge in [-0.25, -0.2) is 0 Å². The first-order valence-electron chi connectivity index (χ1n) is 4.94. The summed E-state index contributed by atoms with van der Waals surface area (Å²) in [7, 11) is 0. The van der Waals surface area contributed by atoms with Gasteiger partial charge >= 0.3 is 0 Å². The summed E-state index contributed by atoms with van der Waals surface area (Å²) in [5, 5.41) is 21.4. The molecule has 0 aromatic carbocycles. The van der Waals surface area contributed by atoms with Gasteiger partial charge in [0, 0.05) is 6.04 Å². The second-order valence-corrected chi connectivity index (χ2v) is 3.78. The quantitative estimate of drug-likeness (QED) is 0.450. The molecule has 1 heterocycles. The topological polar surface area (TPSA) is 95.6 Å². The number of hydrogen-bond donors (Lipinski definition) is 4. The van der Waals surface area contributed by atoms with Gasteiger partial charge in [0.2, 0.25) is 5.91 Å². The van der Waals surface area contributed by atoms with E-state index >= 15 is 0 Å². The Morgan fingerprint density at radius 2 is 2.36 bits per heavy atom. The highest BCUT2D eigenvalue weighted by Gasteiger charge is 2.37. The van der Waals surface area contributed by atoms with Crippen molar-refractivity contribution in [2.45, 2.75) is 38.0 Å². The fourth-order valence-corrected chi connectivity index (χ4v) is 2.02. The number of rotatable bonds is 4. The number of carbonyl (C=O) groups excluding carboxylic acids is 1. The Bertz CT molecular complexity index is 210. The zero-order valence-corrected chi connectivity index (χ0v) is 8.31. The molecule has 0 bridgehead atoms. The van der Waals surface area contributed by atoms with E-state index in [1.807, 2.05) is 6.92 Å². The summed E-state index contributed by atoms with van der Waals surface area (Å²) >= 11 is 0. The Kier molecular flexibility index (Phi) is 3.86. The van der Waals surface area contributed by atoms with Crippen molar-refractivity contribution in [3.63, 3.8) is 0 Å². The van der Waals surface area contributed by atoms with Crippen LogP contribution < -0.4 is 11.1 Å². The molecule has 0 radical (unpaired) electrons. The minimum atomic E-state index is -0.585. The molecule has 5 heteroatoms. The van der Waals surface area contributed by atoms with Gasteiger partial charge in [-0.05, 0) is 12.8 Å². The number of aliphatic hydroxyl groups excluding tert-OH is 2. The van der Waals surface area contributed by atoms with Gasteiger partial charge in [0.15, 0.2) is 0 Å². The molecule has 0 spiro atoms. The van der Waals surface area contributed by atoms with Crippen molar-refractivity contribution < 1.29 is 15.0 Å². The fourth-order valence-electron chi connectivity index (χ4n) is 2.02. The summed E-state index contributed by atoms with van der Waals surface area (Å²) in [5.74, 6) is -0.614. The normalized spacial score (nSPS) is 34.4. The third kappa shape index (κ3) is 2.23. The predicted molar refractivity (Wildman–Crippen MR) is 51.4 cm³/mol. The summed E-state index contributed by atoms with van der Waals surface area (Å²) in [4.78, 5) is 11.1. The van der Waals surface area contributed by atoms with E-state index in [4.69, 9.17) is 10.8 Å². The van der Waals surface area contributed by atoms with Crippen LogP contribution >= 0.6 is 0 Å². The number of primary amides is 1. The van der Waals surface area contributed by atoms with Crippen LogP contribution in [-0.2, 0) is 4.79 Å². The van der Waals surface area contributed by atoms with Crippen LogP contribution in [0.5, 0.6) is 0 Å². The zero-order chi connectivity index (χ0) is 10.7. The van der Waals surface area contributed by atoms with Gasteiger partial charge < -0.3 is 21.3 Å². The Morgan fingerprint density at radius 3 is 2.71 bits per heavy atom. The highest BCUT2D eigenvalue weighted by Crippen LogP contribution is 2.21. The molecule has 1 fully saturated rings. The van der Waals surface area contributed by atoms with Crippen LogP contribution in [0, 0.1) is 5.92 Å². The molecule has 5 nitrogen and oxygen atoms in total. The average molecular weight is 202 g/mol. The Morgan fingerprint density at radius 1 is 1.71 bits per heavy atom. The van der Waals surface area contributed by atoms with Gasteiger partial charge in [-0.3, -0.25) is 4.79 Å². The van der Waals surface area contributed by atoms with Crippen molar-refractivity contribution in [3.05, 3.63) is 0 Å². The van der Waals surface area contributed by atoms with Crippen LogP contribution in [0.3, 0.4) is 0 Å². The molecule has 4 unspecified atom stereocenters. The van der Waals surface area contributed by atoms with Crippen LogP contribution in [0.1, 0.15) is 19.8 Å². The average Bonchev–Trinajstić information content (AvgIpc) is 2.47. The molecule has 1 amide bonds. The molecule has 0 aromatic rings. The Labute approximate surface area is 83.3 Å². The number of amides is 1. The lowest BCUT2D eigenvalue weighted by Crippen LogP contribution is -2.42. The highest BCUT2D eigenvalue weighted by molar-refractivity contribution is 5.77. The van der Waals surface area contributed by atoms with Gasteiger partial charge in [0.1, 0.15) is 0 Å². The summed E-state index contributed by atoms with van der Waals surface area (Å²) in [6, 6.07) is -0.432. The number of nitrogens with one attached hydrogen (secondary N) is 1. The second kappa shape index (κ2) is 4.72. The van der Waals surface area contributed by atoms with Gasteiger partial charge in [0.25, 0.3) is 0 Å². The first-order valence-corrected chi connectivity index (χ1v) is 4.94. The lowest BCUT2D eigenvalue weighted by molar-refractivity contribution is -0.122. The Hall–Kier alpha value is -0.650. The van der Waals surface area contributed by atoms with Crippen LogP contribution in [-0.4, -0.2) is 40.9 Å². The standard InChI is InChI=1S/C9H18N2O3/c1-2-5(9(10)14)6-3-8(13)7(4-12)11-6/h5-8,11-13H,2-4H2,1H3,(H2,10,14). The van der Waals surface area contributed by atoms with E-state index < -0.39 is 6.10 Å². The molecule has 1 aliphatic heterocycles. The molecule has 0 aliphatic carbocycles. The Balaban J connectivity index is 2.58. The molecular weight excluding hydrogens is 184 g/mol. The van der Waals surface area contributed by atoms with E-state index in [-0.39, 0.29) is 30.5 Å². The van der Waals surface area contributed by atoms with Gasteiger partial charge in [0.05, 0.1) is 24.7 Å². The van der Waals surface area contributed by atoms with E-state index in [0.717, 1.165) is 0 Å². The molecule has 4 atom stereocenters. The van der Waals surface area contributed by atoms with Crippen molar-refractivity contribution in [2.24, 2.45) is 11.7 Å². The van der Waals surface area contributed by atoms with Gasteiger partial charge in [-0.15, -0.1) is 0 Å². The summed E-state index contributed by atoms with van der Waals surface area (Å²) in [6.45, 7) is 1.77. The van der Waals surface area contributed by atoms with Crippen molar-refractivity contribution in [1.82, 2.24) is 5.32 Å². The lowest BCUT2D eigenvalue weighted by atomic mass is 9.94. The minimum Gasteiger partial charge on any atom is -0.395 e. The van der Waals surface area contributed by atoms with E-state index in [9.17, 15) is 9.90 Å². The van der Waals surface area contributed by atoms with Crippen LogP contribution in [0.15, 0.2) is 0 Å². The number of carbonyl (C=O) groups is 1. The van der Waals surface area contributed by atoms with Gasteiger partial charge in [-0.1, -0.05) is 6.92 Å². The maximum Gasteiger partial charge on any atom is 0.222 e. The molecule has 1 aliphatic rings. The predicted octanol–water partition coefficient (Wildman–Crippen LogP) is -1.42. The zero-order valence-electron chi connectivity index (χ0n) is 8.31. The van der Waals surface area contributed by atoms with E-state index in [1.54, 1.807) is 0 Å². The molecule has 1 saturated heterocycles.